The fraction of sp³-hybridized carbons (Fsp3) is 1.00. The minimum absolute atomic E-state index is 2.44. The highest BCUT2D eigenvalue weighted by Gasteiger charge is 2.71. The molecule has 0 saturated carbocycles. The van der Waals surface area contributed by atoms with Crippen molar-refractivity contribution in [2.24, 2.45) is 0 Å². The SMILES string of the molecule is FC(F)C(F)(F)C(OC(C(F)(F)C(F)F)C(F)(F)C(F)F)C(F)(F)C(F)F. The van der Waals surface area contributed by atoms with Gasteiger partial charge in [0, 0.05) is 0 Å². The second-order valence-corrected chi connectivity index (χ2v) is 4.80. The molecule has 0 radical (unpaired) electrons. The van der Waals surface area contributed by atoms with Gasteiger partial charge < -0.3 is 4.74 Å². The van der Waals surface area contributed by atoms with Gasteiger partial charge in [-0.15, -0.1) is 0 Å². The van der Waals surface area contributed by atoms with Crippen molar-refractivity contribution in [1.82, 2.24) is 0 Å². The predicted molar refractivity (Wildman–Crippen MR) is 52.5 cm³/mol. The normalized spacial score (nSPS) is 15.3. The molecule has 0 aromatic carbocycles. The van der Waals surface area contributed by atoms with Crippen LogP contribution in [0.3, 0.4) is 0 Å². The molecule has 0 aliphatic rings. The lowest BCUT2D eigenvalue weighted by molar-refractivity contribution is -0.364. The van der Waals surface area contributed by atoms with E-state index in [1.807, 2.05) is 0 Å². The summed E-state index contributed by atoms with van der Waals surface area (Å²) in [6.07, 6.45) is -33.0. The maximum absolute atomic E-state index is 13.1. The van der Waals surface area contributed by atoms with Crippen LogP contribution in [0.15, 0.2) is 0 Å². The molecule has 0 spiro atoms. The quantitative estimate of drug-likeness (QED) is 0.412. The fourth-order valence-corrected chi connectivity index (χ4v) is 1.47. The number of hydrogen-bond donors (Lipinski definition) is 0. The molecule has 27 heavy (non-hydrogen) atoms. The first-order chi connectivity index (χ1) is 11.7. The lowest BCUT2D eigenvalue weighted by Gasteiger charge is -2.39. The summed E-state index contributed by atoms with van der Waals surface area (Å²) in [6.45, 7) is 0. The highest BCUT2D eigenvalue weighted by molar-refractivity contribution is 4.99. The first kappa shape index (κ1) is 25.8. The minimum atomic E-state index is -6.62. The first-order valence-electron chi connectivity index (χ1n) is 6.04. The van der Waals surface area contributed by atoms with E-state index >= 15 is 0 Å². The average molecular weight is 446 g/mol. The molecular weight excluding hydrogens is 440 g/mol. The Morgan fingerprint density at radius 2 is 0.519 bits per heavy atom. The molecule has 0 amide bonds. The number of ether oxygens (including phenoxy) is 1. The monoisotopic (exact) mass is 446 g/mol. The van der Waals surface area contributed by atoms with Gasteiger partial charge in [-0.2, -0.15) is 35.1 Å². The van der Waals surface area contributed by atoms with E-state index in [4.69, 9.17) is 0 Å². The molecule has 1 nitrogen and oxygen atoms in total. The Balaban J connectivity index is 6.48. The Labute approximate surface area is 138 Å². The van der Waals surface area contributed by atoms with Crippen LogP contribution in [0.5, 0.6) is 0 Å². The topological polar surface area (TPSA) is 9.23 Å². The summed E-state index contributed by atoms with van der Waals surface area (Å²) in [5.41, 5.74) is 0. The third kappa shape index (κ3) is 5.01. The van der Waals surface area contributed by atoms with E-state index in [1.54, 1.807) is 0 Å². The van der Waals surface area contributed by atoms with E-state index in [0.29, 0.717) is 0 Å². The maximum Gasteiger partial charge on any atom is 0.339 e. The lowest BCUT2D eigenvalue weighted by atomic mass is 10.0. The Bertz CT molecular complexity index is 392. The third-order valence-corrected chi connectivity index (χ3v) is 2.83. The van der Waals surface area contributed by atoms with Crippen molar-refractivity contribution in [3.05, 3.63) is 0 Å². The zero-order chi connectivity index (χ0) is 22.2. The van der Waals surface area contributed by atoms with Crippen LogP contribution in [-0.4, -0.2) is 61.6 Å². The van der Waals surface area contributed by atoms with Crippen molar-refractivity contribution < 1.29 is 75.0 Å². The summed E-state index contributed by atoms with van der Waals surface area (Å²) in [7, 11) is 0. The third-order valence-electron chi connectivity index (χ3n) is 2.83. The van der Waals surface area contributed by atoms with Crippen LogP contribution in [0.2, 0.25) is 0 Å². The first-order valence-corrected chi connectivity index (χ1v) is 6.04. The van der Waals surface area contributed by atoms with Crippen LogP contribution < -0.4 is 0 Å². The smallest absolute Gasteiger partial charge is 0.339 e. The Kier molecular flexibility index (Phi) is 7.72. The Morgan fingerprint density at radius 1 is 0.370 bits per heavy atom. The number of hydrogen-bond acceptors (Lipinski definition) is 1. The highest BCUT2D eigenvalue weighted by Crippen LogP contribution is 2.47. The van der Waals surface area contributed by atoms with Gasteiger partial charge in [-0.1, -0.05) is 0 Å². The molecule has 0 aromatic heterocycles. The van der Waals surface area contributed by atoms with Gasteiger partial charge in [-0.05, 0) is 0 Å². The van der Waals surface area contributed by atoms with Crippen molar-refractivity contribution in [3.8, 4) is 0 Å². The number of halogens is 16. The van der Waals surface area contributed by atoms with Gasteiger partial charge in [0.15, 0.2) is 12.2 Å². The molecule has 0 N–H and O–H groups in total. The lowest BCUT2D eigenvalue weighted by Crippen LogP contribution is -2.63. The fourth-order valence-electron chi connectivity index (χ4n) is 1.47. The standard InChI is InChI=1S/C10H6F16O/c11-3(12)7(19,20)1(8(21,22)4(13)14)27-2(9(23,24)5(15)16)10(25,26)6(17)18/h1-6H. The van der Waals surface area contributed by atoms with E-state index in [2.05, 4.69) is 4.74 Å². The van der Waals surface area contributed by atoms with Crippen LogP contribution in [0.25, 0.3) is 0 Å². The zero-order valence-electron chi connectivity index (χ0n) is 11.9. The Hall–Kier alpha value is -1.16. The van der Waals surface area contributed by atoms with Crippen LogP contribution in [0.1, 0.15) is 0 Å². The molecule has 0 unspecified atom stereocenters. The summed E-state index contributed by atoms with van der Waals surface area (Å²) in [4.78, 5) is 0. The Morgan fingerprint density at radius 3 is 0.630 bits per heavy atom. The van der Waals surface area contributed by atoms with E-state index in [-0.39, 0.29) is 0 Å². The van der Waals surface area contributed by atoms with Crippen molar-refractivity contribution in [3.63, 3.8) is 0 Å². The summed E-state index contributed by atoms with van der Waals surface area (Å²) in [5.74, 6) is -26.5. The molecule has 0 atom stereocenters. The molecule has 0 rings (SSSR count). The molecule has 0 saturated heterocycles. The zero-order valence-corrected chi connectivity index (χ0v) is 11.9. The molecular formula is C10H6F16O. The molecule has 0 aromatic rings. The van der Waals surface area contributed by atoms with Crippen LogP contribution in [-0.2, 0) is 4.74 Å². The largest absolute Gasteiger partial charge is 0.349 e. The second kappa shape index (κ2) is 8.06. The summed E-state index contributed by atoms with van der Waals surface area (Å²) in [5, 5.41) is 0. The van der Waals surface area contributed by atoms with Crippen molar-refractivity contribution in [2.75, 3.05) is 0 Å². The highest BCUT2D eigenvalue weighted by atomic mass is 19.3. The summed E-state index contributed by atoms with van der Waals surface area (Å²) in [6, 6.07) is 0. The molecule has 0 heterocycles. The van der Waals surface area contributed by atoms with Crippen molar-refractivity contribution in [2.45, 2.75) is 61.6 Å². The second-order valence-electron chi connectivity index (χ2n) is 4.80. The molecule has 164 valence electrons. The average Bonchev–Trinajstić information content (AvgIpc) is 2.45. The van der Waals surface area contributed by atoms with Crippen molar-refractivity contribution in [1.29, 1.82) is 0 Å². The molecule has 0 aliphatic heterocycles. The van der Waals surface area contributed by atoms with E-state index in [0.717, 1.165) is 0 Å². The maximum atomic E-state index is 13.1. The summed E-state index contributed by atoms with van der Waals surface area (Å²) >= 11 is 0. The van der Waals surface area contributed by atoms with E-state index in [1.165, 1.54) is 0 Å². The molecule has 0 fully saturated rings. The van der Waals surface area contributed by atoms with Crippen LogP contribution in [0.4, 0.5) is 70.2 Å². The van der Waals surface area contributed by atoms with Gasteiger partial charge in [0.1, 0.15) is 0 Å². The van der Waals surface area contributed by atoms with E-state index < -0.39 is 61.6 Å². The van der Waals surface area contributed by atoms with Gasteiger partial charge in [0.25, 0.3) is 0 Å². The molecule has 0 bridgehead atoms. The number of rotatable bonds is 10. The van der Waals surface area contributed by atoms with Crippen LogP contribution in [0, 0.1) is 0 Å². The van der Waals surface area contributed by atoms with Crippen LogP contribution >= 0.6 is 0 Å². The van der Waals surface area contributed by atoms with Gasteiger partial charge >= 0.3 is 49.4 Å². The van der Waals surface area contributed by atoms with Gasteiger partial charge in [-0.25, -0.2) is 35.1 Å². The van der Waals surface area contributed by atoms with Gasteiger partial charge in [0.2, 0.25) is 0 Å². The van der Waals surface area contributed by atoms with E-state index in [9.17, 15) is 70.2 Å². The summed E-state index contributed by atoms with van der Waals surface area (Å²) < 4.78 is 204. The van der Waals surface area contributed by atoms with Gasteiger partial charge in [-0.3, -0.25) is 0 Å². The number of alkyl halides is 16. The predicted octanol–water partition coefficient (Wildman–Crippen LogP) is 5.34. The molecule has 17 heteroatoms. The van der Waals surface area contributed by atoms with Gasteiger partial charge in [0.05, 0.1) is 0 Å². The minimum Gasteiger partial charge on any atom is -0.349 e. The van der Waals surface area contributed by atoms with Crippen molar-refractivity contribution >= 4 is 0 Å². The molecule has 0 aliphatic carbocycles.